The van der Waals surface area contributed by atoms with Crippen LogP contribution in [0, 0.1) is 11.3 Å². The highest BCUT2D eigenvalue weighted by Crippen LogP contribution is 2.30. The molecule has 3 rings (SSSR count). The summed E-state index contributed by atoms with van der Waals surface area (Å²) in [7, 11) is 0. The number of hydrogen-bond donors (Lipinski definition) is 0. The monoisotopic (exact) mass is 544 g/mol. The first kappa shape index (κ1) is 29.2. The van der Waals surface area contributed by atoms with E-state index < -0.39 is 54.6 Å². The Kier molecular flexibility index (Phi) is 10.1. The molecular formula is C25H28N4O10. The Balaban J connectivity index is 1.81. The first-order valence-electron chi connectivity index (χ1n) is 11.9. The third kappa shape index (κ3) is 8.59. The van der Waals surface area contributed by atoms with Crippen molar-refractivity contribution < 1.29 is 47.6 Å². The summed E-state index contributed by atoms with van der Waals surface area (Å²) in [6, 6.07) is 9.11. The van der Waals surface area contributed by atoms with Crippen LogP contribution in [0.4, 0.5) is 0 Å². The van der Waals surface area contributed by atoms with Crippen LogP contribution in [0.15, 0.2) is 30.5 Å². The number of nitriles is 1. The molecule has 14 nitrogen and oxygen atoms in total. The van der Waals surface area contributed by atoms with Gasteiger partial charge in [0.25, 0.3) is 0 Å². The van der Waals surface area contributed by atoms with Crippen LogP contribution in [0.25, 0.3) is 0 Å². The summed E-state index contributed by atoms with van der Waals surface area (Å²) in [4.78, 5) is 47.1. The molecule has 2 aromatic rings. The summed E-state index contributed by atoms with van der Waals surface area (Å²) in [6.45, 7) is 4.41. The largest absolute Gasteiger partial charge is 0.463 e. The molecule has 1 aromatic carbocycles. The van der Waals surface area contributed by atoms with Crippen molar-refractivity contribution in [1.82, 2.24) is 15.0 Å². The molecule has 0 N–H and O–H groups in total. The molecule has 0 spiro atoms. The molecule has 0 saturated carbocycles. The van der Waals surface area contributed by atoms with E-state index in [0.29, 0.717) is 17.8 Å². The van der Waals surface area contributed by atoms with E-state index in [2.05, 4.69) is 16.4 Å². The molecule has 1 saturated heterocycles. The molecule has 1 fully saturated rings. The van der Waals surface area contributed by atoms with Crippen LogP contribution in [-0.2, 0) is 60.8 Å². The molecule has 0 bridgehead atoms. The second-order valence-electron chi connectivity index (χ2n) is 8.60. The maximum Gasteiger partial charge on any atom is 0.303 e. The average molecular weight is 545 g/mol. The van der Waals surface area contributed by atoms with E-state index in [1.807, 2.05) is 6.07 Å². The number of nitrogens with zero attached hydrogens (tertiary/aromatic N) is 4. The van der Waals surface area contributed by atoms with Gasteiger partial charge < -0.3 is 28.4 Å². The number of hydrogen-bond acceptors (Lipinski definition) is 13. The fourth-order valence-corrected chi connectivity index (χ4v) is 3.90. The Bertz CT molecular complexity index is 1240. The van der Waals surface area contributed by atoms with Gasteiger partial charge >= 0.3 is 23.9 Å². The highest BCUT2D eigenvalue weighted by Gasteiger charge is 2.52. The number of carbonyl (C=O) groups excluding carboxylic acids is 4. The van der Waals surface area contributed by atoms with E-state index in [0.717, 1.165) is 26.3 Å². The van der Waals surface area contributed by atoms with Crippen LogP contribution in [0.5, 0.6) is 0 Å². The lowest BCUT2D eigenvalue weighted by atomic mass is 9.98. The van der Waals surface area contributed by atoms with Crippen molar-refractivity contribution in [2.45, 2.75) is 71.6 Å². The van der Waals surface area contributed by atoms with Crippen LogP contribution in [-0.4, -0.2) is 76.2 Å². The number of carbonyl (C=O) groups is 4. The van der Waals surface area contributed by atoms with Gasteiger partial charge in [0.2, 0.25) is 0 Å². The van der Waals surface area contributed by atoms with Crippen LogP contribution < -0.4 is 0 Å². The van der Waals surface area contributed by atoms with Crippen molar-refractivity contribution >= 4 is 23.9 Å². The summed E-state index contributed by atoms with van der Waals surface area (Å²) in [6.07, 6.45) is -4.79. The summed E-state index contributed by atoms with van der Waals surface area (Å²) in [5, 5.41) is 17.2. The lowest BCUT2D eigenvalue weighted by Gasteiger charge is -2.43. The molecule has 208 valence electrons. The van der Waals surface area contributed by atoms with Crippen LogP contribution in [0.3, 0.4) is 0 Å². The average Bonchev–Trinajstić information content (AvgIpc) is 3.31. The van der Waals surface area contributed by atoms with Gasteiger partial charge in [0.15, 0.2) is 24.6 Å². The third-order valence-electron chi connectivity index (χ3n) is 5.33. The summed E-state index contributed by atoms with van der Waals surface area (Å²) >= 11 is 0. The van der Waals surface area contributed by atoms with Crippen LogP contribution in [0.2, 0.25) is 0 Å². The first-order valence-corrected chi connectivity index (χ1v) is 11.9. The van der Waals surface area contributed by atoms with Gasteiger partial charge in [0.05, 0.1) is 31.0 Å². The minimum absolute atomic E-state index is 0.161. The number of aromatic nitrogens is 3. The standard InChI is InChI=1S/C25H28N4O10/c1-14(30)34-13-21-22(36-15(2)31)23(37-16(3)32)24(38-17(4)33)25(39-21)35-12-20-11-29(28-27-20)10-19-7-5-6-18(8-19)9-26/h5-8,11,21-25H,10,12-13H2,1-4H3/t21-,22-,23+,24+,25+/m1/s1. The van der Waals surface area contributed by atoms with E-state index >= 15 is 0 Å². The molecule has 1 aliphatic rings. The quantitative estimate of drug-likeness (QED) is 0.303. The Labute approximate surface area is 223 Å². The predicted molar refractivity (Wildman–Crippen MR) is 127 cm³/mol. The maximum absolute atomic E-state index is 11.9. The van der Waals surface area contributed by atoms with Crippen molar-refractivity contribution in [3.63, 3.8) is 0 Å². The van der Waals surface area contributed by atoms with E-state index in [1.54, 1.807) is 29.1 Å². The molecule has 0 radical (unpaired) electrons. The van der Waals surface area contributed by atoms with Gasteiger partial charge in [-0.05, 0) is 17.7 Å². The van der Waals surface area contributed by atoms with Gasteiger partial charge in [-0.1, -0.05) is 17.3 Å². The fourth-order valence-electron chi connectivity index (χ4n) is 3.90. The molecular weight excluding hydrogens is 516 g/mol. The van der Waals surface area contributed by atoms with Crippen molar-refractivity contribution in [3.8, 4) is 6.07 Å². The predicted octanol–water partition coefficient (Wildman–Crippen LogP) is 0.798. The molecule has 0 amide bonds. The number of rotatable bonds is 10. The summed E-state index contributed by atoms with van der Waals surface area (Å²) < 4.78 is 34.4. The van der Waals surface area contributed by atoms with Gasteiger partial charge in [0.1, 0.15) is 18.4 Å². The van der Waals surface area contributed by atoms with E-state index in [1.165, 1.54) is 6.92 Å². The van der Waals surface area contributed by atoms with Crippen molar-refractivity contribution in [2.75, 3.05) is 6.61 Å². The highest BCUT2D eigenvalue weighted by molar-refractivity contribution is 5.68. The molecule has 5 atom stereocenters. The van der Waals surface area contributed by atoms with Crippen LogP contribution >= 0.6 is 0 Å². The smallest absolute Gasteiger partial charge is 0.303 e. The zero-order valence-corrected chi connectivity index (χ0v) is 21.8. The fraction of sp³-hybridized carbons (Fsp3) is 0.480. The van der Waals surface area contributed by atoms with E-state index in [-0.39, 0.29) is 13.2 Å². The molecule has 14 heteroatoms. The molecule has 39 heavy (non-hydrogen) atoms. The Hall–Kier alpha value is -4.35. The van der Waals surface area contributed by atoms with Gasteiger partial charge in [-0.25, -0.2) is 4.68 Å². The third-order valence-corrected chi connectivity index (χ3v) is 5.33. The second kappa shape index (κ2) is 13.4. The molecule has 1 aliphatic heterocycles. The Morgan fingerprint density at radius 3 is 2.28 bits per heavy atom. The van der Waals surface area contributed by atoms with Gasteiger partial charge in [0, 0.05) is 27.7 Å². The number of esters is 4. The first-order chi connectivity index (χ1) is 18.5. The molecule has 0 unspecified atom stereocenters. The lowest BCUT2D eigenvalue weighted by molar-refractivity contribution is -0.310. The summed E-state index contributed by atoms with van der Waals surface area (Å²) in [5.41, 5.74) is 1.74. The van der Waals surface area contributed by atoms with Crippen LogP contribution in [0.1, 0.15) is 44.5 Å². The minimum Gasteiger partial charge on any atom is -0.463 e. The molecule has 2 heterocycles. The van der Waals surface area contributed by atoms with E-state index in [9.17, 15) is 19.2 Å². The lowest BCUT2D eigenvalue weighted by Crippen LogP contribution is -2.62. The van der Waals surface area contributed by atoms with Crippen molar-refractivity contribution in [1.29, 1.82) is 5.26 Å². The molecule has 0 aliphatic carbocycles. The normalized spacial score (nSPS) is 22.3. The molecule has 1 aromatic heterocycles. The van der Waals surface area contributed by atoms with Crippen molar-refractivity contribution in [3.05, 3.63) is 47.3 Å². The van der Waals surface area contributed by atoms with E-state index in [4.69, 9.17) is 33.7 Å². The Morgan fingerprint density at radius 1 is 0.974 bits per heavy atom. The summed E-state index contributed by atoms with van der Waals surface area (Å²) in [5.74, 6) is -2.84. The van der Waals surface area contributed by atoms with Gasteiger partial charge in [-0.15, -0.1) is 5.10 Å². The number of ether oxygens (including phenoxy) is 6. The second-order valence-corrected chi connectivity index (χ2v) is 8.60. The minimum atomic E-state index is -1.34. The Morgan fingerprint density at radius 2 is 1.64 bits per heavy atom. The van der Waals surface area contributed by atoms with Gasteiger partial charge in [-0.2, -0.15) is 5.26 Å². The topological polar surface area (TPSA) is 178 Å². The number of benzene rings is 1. The van der Waals surface area contributed by atoms with Gasteiger partial charge in [-0.3, -0.25) is 19.2 Å². The zero-order valence-electron chi connectivity index (χ0n) is 21.8. The zero-order chi connectivity index (χ0) is 28.5. The maximum atomic E-state index is 11.9. The van der Waals surface area contributed by atoms with Crippen molar-refractivity contribution in [2.24, 2.45) is 0 Å². The highest BCUT2D eigenvalue weighted by atomic mass is 16.7. The SMILES string of the molecule is CC(=O)OC[C@H]1O[C@H](OCc2cn(Cc3cccc(C#N)c3)nn2)[C@@H](OC(C)=O)[C@@H](OC(C)=O)[C@@H]1OC(C)=O.